The average molecular weight is 362 g/mol. The van der Waals surface area contributed by atoms with Crippen molar-refractivity contribution in [2.24, 2.45) is 0 Å². The second kappa shape index (κ2) is 7.97. The number of halogens is 2. The number of nitrogens with zero attached hydrogens (tertiary/aromatic N) is 1. The zero-order chi connectivity index (χ0) is 16.8. The van der Waals surface area contributed by atoms with Crippen LogP contribution in [0.3, 0.4) is 0 Å². The largest absolute Gasteiger partial charge is 0.466 e. The molecule has 0 atom stereocenters. The minimum Gasteiger partial charge on any atom is -0.466 e. The minimum absolute atomic E-state index is 0.00104. The molecule has 2 aromatic heterocycles. The molecule has 124 valence electrons. The van der Waals surface area contributed by atoms with Crippen molar-refractivity contribution in [2.45, 2.75) is 20.0 Å². The number of thiophene rings is 1. The van der Waals surface area contributed by atoms with Crippen LogP contribution in [0.25, 0.3) is 0 Å². The zero-order valence-corrected chi connectivity index (χ0v) is 13.5. The van der Waals surface area contributed by atoms with E-state index in [4.69, 9.17) is 4.74 Å². The van der Waals surface area contributed by atoms with E-state index in [1.54, 1.807) is 12.3 Å². The van der Waals surface area contributed by atoms with Crippen molar-refractivity contribution < 1.29 is 27.8 Å². The summed E-state index contributed by atoms with van der Waals surface area (Å²) >= 11 is 2.10. The summed E-state index contributed by atoms with van der Waals surface area (Å²) in [6.45, 7) is -1.03. The summed E-state index contributed by atoms with van der Waals surface area (Å²) in [5.41, 5.74) is 0.457. The normalized spacial score (nSPS) is 10.6. The molecule has 0 spiro atoms. The van der Waals surface area contributed by atoms with Crippen LogP contribution in [0.1, 0.15) is 22.3 Å². The van der Waals surface area contributed by atoms with Crippen LogP contribution >= 0.6 is 22.7 Å². The van der Waals surface area contributed by atoms with Gasteiger partial charge >= 0.3 is 12.6 Å². The van der Waals surface area contributed by atoms with E-state index >= 15 is 0 Å². The lowest BCUT2D eigenvalue weighted by Gasteiger charge is -2.05. The Labute approximate surface area is 138 Å². The molecule has 0 fully saturated rings. The number of alkyl halides is 2. The van der Waals surface area contributed by atoms with Gasteiger partial charge in [0.05, 0.1) is 18.7 Å². The third kappa shape index (κ3) is 4.96. The van der Waals surface area contributed by atoms with E-state index in [1.165, 1.54) is 11.4 Å². The van der Waals surface area contributed by atoms with Crippen molar-refractivity contribution in [3.63, 3.8) is 0 Å². The number of carbonyl (C=O) groups is 2. The maximum absolute atomic E-state index is 12.3. The van der Waals surface area contributed by atoms with E-state index in [9.17, 15) is 18.4 Å². The van der Waals surface area contributed by atoms with E-state index in [1.807, 2.05) is 0 Å². The molecule has 0 aliphatic carbocycles. The van der Waals surface area contributed by atoms with Gasteiger partial charge in [0, 0.05) is 5.38 Å². The van der Waals surface area contributed by atoms with Gasteiger partial charge in [-0.05, 0) is 18.4 Å². The van der Waals surface area contributed by atoms with Crippen LogP contribution < -0.4 is 10.1 Å². The monoisotopic (exact) mass is 362 g/mol. The summed E-state index contributed by atoms with van der Waals surface area (Å²) in [6, 6.07) is 1.29. The highest BCUT2D eigenvalue weighted by Crippen LogP contribution is 2.28. The predicted octanol–water partition coefficient (Wildman–Crippen LogP) is 3.16. The molecular formula is C13H12F2N2O4S2. The lowest BCUT2D eigenvalue weighted by molar-refractivity contribution is -0.142. The summed E-state index contributed by atoms with van der Waals surface area (Å²) in [7, 11) is 0. The number of anilines is 1. The number of aromatic nitrogens is 1. The Morgan fingerprint density at radius 2 is 2.17 bits per heavy atom. The molecule has 0 unspecified atom stereocenters. The number of nitrogens with one attached hydrogen (secondary N) is 1. The van der Waals surface area contributed by atoms with Gasteiger partial charge in [0.2, 0.25) is 0 Å². The minimum atomic E-state index is -3.01. The number of rotatable bonds is 7. The number of esters is 1. The van der Waals surface area contributed by atoms with E-state index in [-0.39, 0.29) is 28.8 Å². The van der Waals surface area contributed by atoms with Gasteiger partial charge in [-0.2, -0.15) is 8.78 Å². The van der Waals surface area contributed by atoms with Crippen LogP contribution in [0.5, 0.6) is 5.75 Å². The average Bonchev–Trinajstić information content (AvgIpc) is 3.08. The summed E-state index contributed by atoms with van der Waals surface area (Å²) in [5.74, 6) is -1.21. The molecule has 1 amide bonds. The Morgan fingerprint density at radius 1 is 1.39 bits per heavy atom. The predicted molar refractivity (Wildman–Crippen MR) is 81.4 cm³/mol. The number of thiazole rings is 1. The Balaban J connectivity index is 2.00. The molecule has 0 aliphatic heterocycles. The van der Waals surface area contributed by atoms with E-state index < -0.39 is 18.5 Å². The molecule has 6 nitrogen and oxygen atoms in total. The number of ether oxygens (including phenoxy) is 2. The van der Waals surface area contributed by atoms with Gasteiger partial charge in [0.1, 0.15) is 10.6 Å². The van der Waals surface area contributed by atoms with Crippen molar-refractivity contribution in [1.29, 1.82) is 0 Å². The van der Waals surface area contributed by atoms with Gasteiger partial charge in [-0.15, -0.1) is 22.7 Å². The first-order valence-electron chi connectivity index (χ1n) is 6.43. The maximum atomic E-state index is 12.3. The molecule has 0 bridgehead atoms. The molecule has 2 heterocycles. The van der Waals surface area contributed by atoms with Crippen LogP contribution in [0, 0.1) is 0 Å². The van der Waals surface area contributed by atoms with Gasteiger partial charge in [0.15, 0.2) is 5.13 Å². The van der Waals surface area contributed by atoms with Crippen LogP contribution in [-0.4, -0.2) is 30.1 Å². The van der Waals surface area contributed by atoms with Crippen molar-refractivity contribution in [2.75, 3.05) is 11.9 Å². The van der Waals surface area contributed by atoms with Gasteiger partial charge in [0.25, 0.3) is 5.91 Å². The van der Waals surface area contributed by atoms with Crippen molar-refractivity contribution in [3.8, 4) is 5.75 Å². The fraction of sp³-hybridized carbons (Fsp3) is 0.308. The smallest absolute Gasteiger partial charge is 0.387 e. The van der Waals surface area contributed by atoms with E-state index in [0.717, 1.165) is 22.7 Å². The first-order valence-corrected chi connectivity index (χ1v) is 8.19. The molecular weight excluding hydrogens is 350 g/mol. The highest BCUT2D eigenvalue weighted by Gasteiger charge is 2.19. The highest BCUT2D eigenvalue weighted by atomic mass is 32.1. The van der Waals surface area contributed by atoms with E-state index in [0.29, 0.717) is 5.69 Å². The SMILES string of the molecule is CCOC(=O)Cc1csc(NC(=O)c2sccc2OC(F)F)n1. The third-order valence-electron chi connectivity index (χ3n) is 2.45. The number of hydrogen-bond acceptors (Lipinski definition) is 7. The number of carbonyl (C=O) groups excluding carboxylic acids is 2. The van der Waals surface area contributed by atoms with Crippen molar-refractivity contribution >= 4 is 39.7 Å². The quantitative estimate of drug-likeness (QED) is 0.766. The first-order chi connectivity index (χ1) is 11.0. The zero-order valence-electron chi connectivity index (χ0n) is 11.9. The molecule has 10 heteroatoms. The fourth-order valence-electron chi connectivity index (χ4n) is 1.61. The Morgan fingerprint density at radius 3 is 2.87 bits per heavy atom. The molecule has 0 saturated carbocycles. The lowest BCUT2D eigenvalue weighted by atomic mass is 10.3. The fourth-order valence-corrected chi connectivity index (χ4v) is 3.03. The topological polar surface area (TPSA) is 77.5 Å². The van der Waals surface area contributed by atoms with E-state index in [2.05, 4.69) is 15.0 Å². The van der Waals surface area contributed by atoms with Crippen molar-refractivity contribution in [3.05, 3.63) is 27.4 Å². The molecule has 23 heavy (non-hydrogen) atoms. The van der Waals surface area contributed by atoms with Gasteiger partial charge in [-0.3, -0.25) is 14.9 Å². The van der Waals surface area contributed by atoms with Gasteiger partial charge in [-0.25, -0.2) is 4.98 Å². The highest BCUT2D eigenvalue weighted by molar-refractivity contribution is 7.14. The summed E-state index contributed by atoms with van der Waals surface area (Å²) in [6.07, 6.45) is -0.00104. The molecule has 0 saturated heterocycles. The molecule has 0 radical (unpaired) electrons. The van der Waals surface area contributed by atoms with Gasteiger partial charge < -0.3 is 9.47 Å². The molecule has 2 rings (SSSR count). The number of amides is 1. The second-order valence-electron chi connectivity index (χ2n) is 4.07. The molecule has 2 aromatic rings. The summed E-state index contributed by atoms with van der Waals surface area (Å²) in [5, 5.41) is 5.82. The summed E-state index contributed by atoms with van der Waals surface area (Å²) < 4.78 is 33.6. The Kier molecular flexibility index (Phi) is 5.99. The number of hydrogen-bond donors (Lipinski definition) is 1. The molecule has 1 N–H and O–H groups in total. The standard InChI is InChI=1S/C13H12F2N2O4S2/c1-2-20-9(18)5-7-6-23-13(16-7)17-11(19)10-8(3-4-22-10)21-12(14)15/h3-4,6,12H,2,5H2,1H3,(H,16,17,19). The summed E-state index contributed by atoms with van der Waals surface area (Å²) in [4.78, 5) is 27.5. The maximum Gasteiger partial charge on any atom is 0.387 e. The van der Waals surface area contributed by atoms with Crippen LogP contribution in [-0.2, 0) is 16.0 Å². The molecule has 0 aliphatic rings. The van der Waals surface area contributed by atoms with Crippen LogP contribution in [0.15, 0.2) is 16.8 Å². The van der Waals surface area contributed by atoms with Crippen LogP contribution in [0.2, 0.25) is 0 Å². The third-order valence-corrected chi connectivity index (χ3v) is 4.16. The molecule has 0 aromatic carbocycles. The van der Waals surface area contributed by atoms with Crippen LogP contribution in [0.4, 0.5) is 13.9 Å². The first kappa shape index (κ1) is 17.3. The van der Waals surface area contributed by atoms with Crippen molar-refractivity contribution in [1.82, 2.24) is 4.98 Å². The van der Waals surface area contributed by atoms with Gasteiger partial charge in [-0.1, -0.05) is 0 Å². The Bertz CT molecular complexity index is 687. The second-order valence-corrected chi connectivity index (χ2v) is 5.85. The lowest BCUT2D eigenvalue weighted by Crippen LogP contribution is -2.13. The Hall–Kier alpha value is -2.07.